The van der Waals surface area contributed by atoms with Crippen LogP contribution in [0.3, 0.4) is 0 Å². The molecule has 0 bridgehead atoms. The normalized spacial score (nSPS) is 20.7. The molecule has 0 amide bonds. The first kappa shape index (κ1) is 15.9. The standard InChI is InChI=1S/C19H24N6O/c1-23-7-6-17-15(11-23)19(21-12-20-17)24-8-13(9-24)10-25-18(26)5-4-16(22-25)14-2-3-14/h4-5,12-14H,2-3,6-11H2,1H3. The third-order valence-corrected chi connectivity index (χ3v) is 5.74. The molecule has 5 rings (SSSR count). The summed E-state index contributed by atoms with van der Waals surface area (Å²) in [5.41, 5.74) is 3.54. The topological polar surface area (TPSA) is 67.2 Å². The molecule has 26 heavy (non-hydrogen) atoms. The molecule has 0 N–H and O–H groups in total. The van der Waals surface area contributed by atoms with E-state index < -0.39 is 0 Å². The molecular formula is C19H24N6O. The van der Waals surface area contributed by atoms with Gasteiger partial charge in [-0.2, -0.15) is 5.10 Å². The van der Waals surface area contributed by atoms with Gasteiger partial charge in [-0.15, -0.1) is 0 Å². The van der Waals surface area contributed by atoms with Crippen molar-refractivity contribution in [1.82, 2.24) is 24.6 Å². The van der Waals surface area contributed by atoms with Gasteiger partial charge in [0, 0.05) is 56.1 Å². The van der Waals surface area contributed by atoms with Gasteiger partial charge in [0.05, 0.1) is 17.9 Å². The van der Waals surface area contributed by atoms with Gasteiger partial charge in [-0.1, -0.05) is 0 Å². The van der Waals surface area contributed by atoms with Crippen molar-refractivity contribution >= 4 is 5.82 Å². The Kier molecular flexibility index (Phi) is 3.77. The molecule has 1 saturated heterocycles. The van der Waals surface area contributed by atoms with Gasteiger partial charge in [0.2, 0.25) is 0 Å². The van der Waals surface area contributed by atoms with Gasteiger partial charge in [0.1, 0.15) is 12.1 Å². The van der Waals surface area contributed by atoms with Crippen LogP contribution < -0.4 is 10.5 Å². The van der Waals surface area contributed by atoms with Gasteiger partial charge >= 0.3 is 0 Å². The predicted molar refractivity (Wildman–Crippen MR) is 98.2 cm³/mol. The van der Waals surface area contributed by atoms with Crippen molar-refractivity contribution in [1.29, 1.82) is 0 Å². The molecule has 3 aliphatic rings. The van der Waals surface area contributed by atoms with Gasteiger partial charge in [-0.25, -0.2) is 14.6 Å². The van der Waals surface area contributed by atoms with E-state index >= 15 is 0 Å². The van der Waals surface area contributed by atoms with Gasteiger partial charge in [-0.05, 0) is 26.0 Å². The van der Waals surface area contributed by atoms with Gasteiger partial charge in [0.15, 0.2) is 0 Å². The van der Waals surface area contributed by atoms with Gasteiger partial charge in [0.25, 0.3) is 5.56 Å². The summed E-state index contributed by atoms with van der Waals surface area (Å²) in [5, 5.41) is 4.59. The van der Waals surface area contributed by atoms with Crippen LogP contribution in [0, 0.1) is 5.92 Å². The second-order valence-corrected chi connectivity index (χ2v) is 7.93. The molecule has 7 nitrogen and oxygen atoms in total. The minimum Gasteiger partial charge on any atom is -0.355 e. The van der Waals surface area contributed by atoms with E-state index in [0.29, 0.717) is 18.4 Å². The fourth-order valence-corrected chi connectivity index (χ4v) is 4.03. The van der Waals surface area contributed by atoms with Crippen LogP contribution in [0.25, 0.3) is 0 Å². The summed E-state index contributed by atoms with van der Waals surface area (Å²) >= 11 is 0. The van der Waals surface area contributed by atoms with E-state index in [1.54, 1.807) is 17.1 Å². The molecule has 2 aromatic heterocycles. The Bertz CT molecular complexity index is 884. The van der Waals surface area contributed by atoms with Crippen molar-refractivity contribution < 1.29 is 0 Å². The number of rotatable bonds is 4. The maximum absolute atomic E-state index is 12.1. The van der Waals surface area contributed by atoms with Crippen molar-refractivity contribution in [3.8, 4) is 0 Å². The number of anilines is 1. The lowest BCUT2D eigenvalue weighted by Gasteiger charge is -2.42. The van der Waals surface area contributed by atoms with E-state index in [-0.39, 0.29) is 5.56 Å². The number of nitrogens with zero attached hydrogens (tertiary/aromatic N) is 6. The molecule has 2 aliphatic heterocycles. The number of likely N-dealkylation sites (N-methyl/N-ethyl adjacent to an activating group) is 1. The van der Waals surface area contributed by atoms with Crippen LogP contribution in [-0.4, -0.2) is 51.3 Å². The van der Waals surface area contributed by atoms with E-state index in [1.165, 1.54) is 24.1 Å². The van der Waals surface area contributed by atoms with Crippen molar-refractivity contribution in [2.24, 2.45) is 5.92 Å². The smallest absolute Gasteiger partial charge is 0.266 e. The molecule has 0 radical (unpaired) electrons. The van der Waals surface area contributed by atoms with Crippen LogP contribution in [0.2, 0.25) is 0 Å². The van der Waals surface area contributed by atoms with Crippen molar-refractivity contribution in [3.63, 3.8) is 0 Å². The summed E-state index contributed by atoms with van der Waals surface area (Å²) in [6.07, 6.45) is 5.09. The molecule has 0 spiro atoms. The summed E-state index contributed by atoms with van der Waals surface area (Å²) in [5.74, 6) is 2.09. The van der Waals surface area contributed by atoms with E-state index in [2.05, 4.69) is 31.9 Å². The highest BCUT2D eigenvalue weighted by Gasteiger charge is 2.32. The molecule has 2 fully saturated rings. The number of hydrogen-bond acceptors (Lipinski definition) is 6. The Morgan fingerprint density at radius 3 is 2.85 bits per heavy atom. The summed E-state index contributed by atoms with van der Waals surface area (Å²) in [6.45, 7) is 4.52. The molecule has 0 unspecified atom stereocenters. The highest BCUT2D eigenvalue weighted by molar-refractivity contribution is 5.51. The first-order valence-corrected chi connectivity index (χ1v) is 9.51. The largest absolute Gasteiger partial charge is 0.355 e. The number of hydrogen-bond donors (Lipinski definition) is 0. The summed E-state index contributed by atoms with van der Waals surface area (Å²) < 4.78 is 1.67. The molecule has 1 saturated carbocycles. The van der Waals surface area contributed by atoms with Gasteiger partial charge in [-0.3, -0.25) is 4.79 Å². The van der Waals surface area contributed by atoms with Crippen molar-refractivity contribution in [2.75, 3.05) is 31.6 Å². The zero-order valence-corrected chi connectivity index (χ0v) is 15.1. The fourth-order valence-electron chi connectivity index (χ4n) is 4.03. The molecule has 2 aromatic rings. The van der Waals surface area contributed by atoms with Crippen molar-refractivity contribution in [2.45, 2.75) is 38.3 Å². The highest BCUT2D eigenvalue weighted by Crippen LogP contribution is 2.38. The molecular weight excluding hydrogens is 328 g/mol. The number of aromatic nitrogens is 4. The van der Waals surface area contributed by atoms with Crippen molar-refractivity contribution in [3.05, 3.63) is 45.8 Å². The molecule has 4 heterocycles. The van der Waals surface area contributed by atoms with Crippen LogP contribution in [0.4, 0.5) is 5.82 Å². The molecule has 0 atom stereocenters. The van der Waals surface area contributed by atoms with E-state index in [0.717, 1.165) is 44.1 Å². The summed E-state index contributed by atoms with van der Waals surface area (Å²) in [7, 11) is 2.14. The minimum absolute atomic E-state index is 0.00823. The second-order valence-electron chi connectivity index (χ2n) is 7.93. The second kappa shape index (κ2) is 6.16. The van der Waals surface area contributed by atoms with Crippen LogP contribution in [0.1, 0.15) is 35.7 Å². The third kappa shape index (κ3) is 2.90. The van der Waals surface area contributed by atoms with Crippen LogP contribution in [0.15, 0.2) is 23.3 Å². The number of fused-ring (bicyclic) bond motifs is 1. The Morgan fingerprint density at radius 2 is 2.04 bits per heavy atom. The maximum atomic E-state index is 12.1. The zero-order chi connectivity index (χ0) is 17.7. The van der Waals surface area contributed by atoms with E-state index in [9.17, 15) is 4.79 Å². The van der Waals surface area contributed by atoms with Gasteiger partial charge < -0.3 is 9.80 Å². The molecule has 136 valence electrons. The average Bonchev–Trinajstić information content (AvgIpc) is 3.44. The molecule has 0 aromatic carbocycles. The zero-order valence-electron chi connectivity index (χ0n) is 15.1. The highest BCUT2D eigenvalue weighted by atomic mass is 16.1. The molecule has 1 aliphatic carbocycles. The van der Waals surface area contributed by atoms with E-state index in [4.69, 9.17) is 0 Å². The van der Waals surface area contributed by atoms with Crippen LogP contribution in [0.5, 0.6) is 0 Å². The maximum Gasteiger partial charge on any atom is 0.266 e. The quantitative estimate of drug-likeness (QED) is 0.819. The first-order chi connectivity index (χ1) is 12.7. The monoisotopic (exact) mass is 352 g/mol. The Balaban J connectivity index is 1.29. The first-order valence-electron chi connectivity index (χ1n) is 9.51. The van der Waals surface area contributed by atoms with Crippen LogP contribution >= 0.6 is 0 Å². The lowest BCUT2D eigenvalue weighted by Crippen LogP contribution is -2.51. The van der Waals surface area contributed by atoms with E-state index in [1.807, 2.05) is 6.07 Å². The lowest BCUT2D eigenvalue weighted by molar-refractivity contribution is 0.302. The SMILES string of the molecule is CN1CCc2ncnc(N3CC(Cn4nc(C5CC5)ccc4=O)C3)c2C1. The lowest BCUT2D eigenvalue weighted by atomic mass is 9.98. The third-order valence-electron chi connectivity index (χ3n) is 5.74. The Hall–Kier alpha value is -2.28. The predicted octanol–water partition coefficient (Wildman–Crippen LogP) is 1.03. The van der Waals surface area contributed by atoms with Crippen LogP contribution in [-0.2, 0) is 19.5 Å². The summed E-state index contributed by atoms with van der Waals surface area (Å²) in [4.78, 5) is 25.8. The minimum atomic E-state index is 0.00823. The molecule has 7 heteroatoms. The fraction of sp³-hybridized carbons (Fsp3) is 0.579. The Morgan fingerprint density at radius 1 is 1.19 bits per heavy atom. The average molecular weight is 352 g/mol. The summed E-state index contributed by atoms with van der Waals surface area (Å²) in [6, 6.07) is 3.57. The Labute approximate surface area is 152 Å².